The number of amides is 2. The van der Waals surface area contributed by atoms with Crippen molar-refractivity contribution in [2.24, 2.45) is 11.3 Å². The van der Waals surface area contributed by atoms with Crippen LogP contribution in [0.5, 0.6) is 0 Å². The minimum Gasteiger partial charge on any atom is -0.464 e. The first-order valence-corrected chi connectivity index (χ1v) is 10.9. The van der Waals surface area contributed by atoms with E-state index < -0.39 is 11.5 Å². The number of likely N-dealkylation sites (tertiary alicyclic amines) is 2. The van der Waals surface area contributed by atoms with Gasteiger partial charge in [0, 0.05) is 37.3 Å². The maximum atomic E-state index is 13.2. The second-order valence-corrected chi connectivity index (χ2v) is 9.14. The number of nitrogens with zero attached hydrogens (tertiary/aromatic N) is 2. The van der Waals surface area contributed by atoms with Gasteiger partial charge in [0.1, 0.15) is 5.76 Å². The number of furan rings is 1. The van der Waals surface area contributed by atoms with Crippen molar-refractivity contribution < 1.29 is 19.1 Å². The van der Waals surface area contributed by atoms with E-state index >= 15 is 0 Å². The summed E-state index contributed by atoms with van der Waals surface area (Å²) < 4.78 is 5.40. The van der Waals surface area contributed by atoms with E-state index in [0.29, 0.717) is 50.4 Å². The highest BCUT2D eigenvalue weighted by molar-refractivity contribution is 5.95. The Balaban J connectivity index is 1.24. The van der Waals surface area contributed by atoms with E-state index in [1.807, 2.05) is 46.2 Å². The number of β-amino-alcohol motifs (C(OH)–C–C–N with tert-alkyl or cyclic N) is 1. The Morgan fingerprint density at radius 3 is 2.50 bits per heavy atom. The lowest BCUT2D eigenvalue weighted by atomic mass is 9.70. The third kappa shape index (κ3) is 3.65. The van der Waals surface area contributed by atoms with Crippen LogP contribution in [0.15, 0.2) is 47.1 Å². The number of hydrogen-bond acceptors (Lipinski definition) is 4. The number of carbonyl (C=O) groups excluding carboxylic acids is 2. The first kappa shape index (κ1) is 19.4. The molecule has 3 heterocycles. The van der Waals surface area contributed by atoms with E-state index in [4.69, 9.17) is 4.42 Å². The molecule has 1 spiro atoms. The summed E-state index contributed by atoms with van der Waals surface area (Å²) >= 11 is 0. The number of piperidine rings is 2. The van der Waals surface area contributed by atoms with Crippen LogP contribution in [-0.4, -0.2) is 59.0 Å². The standard InChI is InChI=1S/C24H28N2O4/c27-20-14-24(23(29)26(16-20)15-17-3-4-17)9-11-25(12-10-24)22(28)19-7-5-18(6-8-19)21-2-1-13-30-21/h1-2,5-8,13,17,20,27H,3-4,9-12,14-16H2. The molecule has 6 heteroatoms. The molecule has 1 aromatic carbocycles. The van der Waals surface area contributed by atoms with Gasteiger partial charge in [-0.15, -0.1) is 0 Å². The Morgan fingerprint density at radius 2 is 1.87 bits per heavy atom. The monoisotopic (exact) mass is 408 g/mol. The molecule has 1 unspecified atom stereocenters. The number of carbonyl (C=O) groups is 2. The summed E-state index contributed by atoms with van der Waals surface area (Å²) in [7, 11) is 0. The molecule has 158 valence electrons. The number of rotatable bonds is 4. The second kappa shape index (κ2) is 7.58. The first-order valence-electron chi connectivity index (χ1n) is 10.9. The van der Waals surface area contributed by atoms with Gasteiger partial charge in [0.2, 0.25) is 5.91 Å². The highest BCUT2D eigenvalue weighted by Crippen LogP contribution is 2.42. The first-order chi connectivity index (χ1) is 14.5. The van der Waals surface area contributed by atoms with Crippen molar-refractivity contribution in [1.29, 1.82) is 0 Å². The summed E-state index contributed by atoms with van der Waals surface area (Å²) in [4.78, 5) is 29.9. The van der Waals surface area contributed by atoms with E-state index in [1.54, 1.807) is 6.26 Å². The van der Waals surface area contributed by atoms with Crippen LogP contribution >= 0.6 is 0 Å². The zero-order valence-electron chi connectivity index (χ0n) is 17.1. The minimum atomic E-state index is -0.507. The molecule has 2 amide bonds. The van der Waals surface area contributed by atoms with Crippen molar-refractivity contribution >= 4 is 11.8 Å². The summed E-state index contributed by atoms with van der Waals surface area (Å²) in [6, 6.07) is 11.2. The van der Waals surface area contributed by atoms with Gasteiger partial charge in [0.15, 0.2) is 0 Å². The molecule has 6 nitrogen and oxygen atoms in total. The smallest absolute Gasteiger partial charge is 0.253 e. The van der Waals surface area contributed by atoms with Gasteiger partial charge in [0.25, 0.3) is 5.91 Å². The number of aliphatic hydroxyl groups excluding tert-OH is 1. The number of aliphatic hydroxyl groups is 1. The largest absolute Gasteiger partial charge is 0.464 e. The van der Waals surface area contributed by atoms with Crippen LogP contribution in [0, 0.1) is 11.3 Å². The minimum absolute atomic E-state index is 0.00510. The molecular weight excluding hydrogens is 380 g/mol. The highest BCUT2D eigenvalue weighted by atomic mass is 16.3. The molecule has 3 fully saturated rings. The Bertz CT molecular complexity index is 907. The van der Waals surface area contributed by atoms with Crippen molar-refractivity contribution in [3.05, 3.63) is 48.2 Å². The Hall–Kier alpha value is -2.60. The third-order valence-corrected chi connectivity index (χ3v) is 6.92. The van der Waals surface area contributed by atoms with Crippen molar-refractivity contribution in [2.45, 2.75) is 38.2 Å². The molecule has 1 atom stereocenters. The van der Waals surface area contributed by atoms with Gasteiger partial charge >= 0.3 is 0 Å². The van der Waals surface area contributed by atoms with Gasteiger partial charge < -0.3 is 19.3 Å². The van der Waals surface area contributed by atoms with E-state index in [2.05, 4.69) is 0 Å². The van der Waals surface area contributed by atoms with Crippen molar-refractivity contribution in [2.75, 3.05) is 26.2 Å². The fraction of sp³-hybridized carbons (Fsp3) is 0.500. The van der Waals surface area contributed by atoms with Crippen LogP contribution < -0.4 is 0 Å². The fourth-order valence-electron chi connectivity index (χ4n) is 5.00. The quantitative estimate of drug-likeness (QED) is 0.843. The number of benzene rings is 1. The normalized spacial score (nSPS) is 23.8. The molecule has 2 saturated heterocycles. The van der Waals surface area contributed by atoms with E-state index in [1.165, 1.54) is 12.8 Å². The van der Waals surface area contributed by atoms with Gasteiger partial charge in [-0.2, -0.15) is 0 Å². The average molecular weight is 408 g/mol. The van der Waals surface area contributed by atoms with Crippen molar-refractivity contribution in [1.82, 2.24) is 9.80 Å². The maximum absolute atomic E-state index is 13.2. The van der Waals surface area contributed by atoms with Crippen molar-refractivity contribution in [3.8, 4) is 11.3 Å². The van der Waals surface area contributed by atoms with Gasteiger partial charge in [-0.1, -0.05) is 12.1 Å². The molecule has 1 N–H and O–H groups in total. The zero-order valence-corrected chi connectivity index (χ0v) is 17.1. The lowest BCUT2D eigenvalue weighted by molar-refractivity contribution is -0.156. The van der Waals surface area contributed by atoms with Crippen molar-refractivity contribution in [3.63, 3.8) is 0 Å². The summed E-state index contributed by atoms with van der Waals surface area (Å²) in [5.74, 6) is 1.57. The van der Waals surface area contributed by atoms with Gasteiger partial charge in [-0.25, -0.2) is 0 Å². The Labute approximate surface area is 176 Å². The molecule has 1 aromatic heterocycles. The van der Waals surface area contributed by atoms with Gasteiger partial charge in [-0.3, -0.25) is 9.59 Å². The molecule has 0 bridgehead atoms. The molecule has 1 saturated carbocycles. The molecule has 2 aromatic rings. The van der Waals surface area contributed by atoms with Crippen LogP contribution in [0.25, 0.3) is 11.3 Å². The van der Waals surface area contributed by atoms with Gasteiger partial charge in [0.05, 0.1) is 17.8 Å². The highest BCUT2D eigenvalue weighted by Gasteiger charge is 2.49. The summed E-state index contributed by atoms with van der Waals surface area (Å²) in [5.41, 5.74) is 1.07. The SMILES string of the molecule is O=C(c1ccc(-c2ccco2)cc1)N1CCC2(CC1)CC(O)CN(CC1CC1)C2=O. The van der Waals surface area contributed by atoms with Crippen LogP contribution in [0.3, 0.4) is 0 Å². The predicted molar refractivity (Wildman–Crippen MR) is 112 cm³/mol. The molecule has 2 aliphatic heterocycles. The Morgan fingerprint density at radius 1 is 1.13 bits per heavy atom. The maximum Gasteiger partial charge on any atom is 0.253 e. The van der Waals surface area contributed by atoms with E-state index in [9.17, 15) is 14.7 Å². The van der Waals surface area contributed by atoms with Crippen LogP contribution in [0.1, 0.15) is 42.5 Å². The van der Waals surface area contributed by atoms with E-state index in [-0.39, 0.29) is 11.8 Å². The number of hydrogen-bond donors (Lipinski definition) is 1. The lowest BCUT2D eigenvalue weighted by Crippen LogP contribution is -2.58. The van der Waals surface area contributed by atoms with Crippen LogP contribution in [0.2, 0.25) is 0 Å². The fourth-order valence-corrected chi connectivity index (χ4v) is 5.00. The third-order valence-electron chi connectivity index (χ3n) is 6.92. The van der Waals surface area contributed by atoms with Gasteiger partial charge in [-0.05, 0) is 62.3 Å². The molecule has 3 aliphatic rings. The topological polar surface area (TPSA) is 74.0 Å². The summed E-state index contributed by atoms with van der Waals surface area (Å²) in [6.45, 7) is 2.34. The zero-order chi connectivity index (χ0) is 20.7. The Kier molecular flexibility index (Phi) is 4.89. The van der Waals surface area contributed by atoms with Crippen LogP contribution in [0.4, 0.5) is 0 Å². The lowest BCUT2D eigenvalue weighted by Gasteiger charge is -2.48. The summed E-state index contributed by atoms with van der Waals surface area (Å²) in [5, 5.41) is 10.4. The average Bonchev–Trinajstić information content (AvgIpc) is 3.40. The molecule has 1 aliphatic carbocycles. The molecule has 0 radical (unpaired) electrons. The van der Waals surface area contributed by atoms with Crippen LogP contribution in [-0.2, 0) is 4.79 Å². The molecule has 30 heavy (non-hydrogen) atoms. The molecule has 5 rings (SSSR count). The predicted octanol–water partition coefficient (Wildman–Crippen LogP) is 3.17. The molecular formula is C24H28N2O4. The summed E-state index contributed by atoms with van der Waals surface area (Å²) in [6.07, 6.45) is 5.32. The second-order valence-electron chi connectivity index (χ2n) is 9.14. The van der Waals surface area contributed by atoms with E-state index in [0.717, 1.165) is 17.9 Å².